The lowest BCUT2D eigenvalue weighted by molar-refractivity contribution is -0.151. The average Bonchev–Trinajstić information content (AvgIpc) is 3.24. The van der Waals surface area contributed by atoms with E-state index >= 15 is 0 Å². The Bertz CT molecular complexity index is 950. The lowest BCUT2D eigenvalue weighted by Crippen LogP contribution is -2.46. The first-order valence-corrected chi connectivity index (χ1v) is 26.6. The maximum absolute atomic E-state index is 13.1. The molecule has 0 spiro atoms. The number of hydrogen-bond donors (Lipinski definition) is 3. The van der Waals surface area contributed by atoms with E-state index < -0.39 is 18.2 Å². The van der Waals surface area contributed by atoms with Gasteiger partial charge in [-0.25, -0.2) is 0 Å². The molecule has 0 aromatic rings. The van der Waals surface area contributed by atoms with Gasteiger partial charge >= 0.3 is 5.97 Å². The van der Waals surface area contributed by atoms with E-state index in [2.05, 4.69) is 50.4 Å². The minimum absolute atomic E-state index is 0.0751. The van der Waals surface area contributed by atoms with Crippen LogP contribution in [0.3, 0.4) is 0 Å². The lowest BCUT2D eigenvalue weighted by atomic mass is 10.0. The highest BCUT2D eigenvalue weighted by atomic mass is 16.5. The number of carbonyl (C=O) groups excluding carboxylic acids is 2. The monoisotopic (exact) mass is 846 g/mol. The third kappa shape index (κ3) is 43.0. The molecule has 0 rings (SSSR count). The van der Waals surface area contributed by atoms with Crippen LogP contribution in [0.4, 0.5) is 0 Å². The van der Waals surface area contributed by atoms with E-state index in [1.54, 1.807) is 0 Å². The van der Waals surface area contributed by atoms with Crippen LogP contribution in [0.25, 0.3) is 0 Å². The zero-order valence-electron chi connectivity index (χ0n) is 40.4. The van der Waals surface area contributed by atoms with Gasteiger partial charge in [0.25, 0.3) is 0 Å². The van der Waals surface area contributed by atoms with Crippen molar-refractivity contribution < 1.29 is 24.5 Å². The molecular weight excluding hydrogens is 743 g/mol. The Morgan fingerprint density at radius 1 is 0.483 bits per heavy atom. The quantitative estimate of drug-likeness (QED) is 0.0322. The highest BCUT2D eigenvalue weighted by molar-refractivity contribution is 5.77. The van der Waals surface area contributed by atoms with E-state index in [1.165, 1.54) is 180 Å². The second-order valence-corrected chi connectivity index (χ2v) is 18.3. The molecule has 0 aliphatic heterocycles. The van der Waals surface area contributed by atoms with Crippen molar-refractivity contribution in [3.8, 4) is 0 Å². The molecule has 0 radical (unpaired) electrons. The SMILES string of the molecule is CCCCCCCCC/C=C/C=C/CCCCCCCC(=O)OC(CCCCCCCCC)CC(=O)NC(CO)C(O)CCCCCCCCCCCCCCCCCC. The number of ether oxygens (including phenoxy) is 1. The van der Waals surface area contributed by atoms with E-state index in [1.807, 2.05) is 0 Å². The molecule has 0 aromatic heterocycles. The van der Waals surface area contributed by atoms with Crippen LogP contribution in [0.5, 0.6) is 0 Å². The van der Waals surface area contributed by atoms with Crippen LogP contribution in [0, 0.1) is 0 Å². The minimum atomic E-state index is -0.785. The van der Waals surface area contributed by atoms with E-state index in [0.29, 0.717) is 19.3 Å². The lowest BCUT2D eigenvalue weighted by Gasteiger charge is -2.24. The Hall–Kier alpha value is -1.66. The highest BCUT2D eigenvalue weighted by Crippen LogP contribution is 2.18. The smallest absolute Gasteiger partial charge is 0.306 e. The number of aliphatic hydroxyl groups is 2. The molecule has 0 saturated heterocycles. The van der Waals surface area contributed by atoms with Gasteiger partial charge in [0.2, 0.25) is 5.91 Å². The van der Waals surface area contributed by atoms with Crippen LogP contribution in [-0.4, -0.2) is 46.9 Å². The van der Waals surface area contributed by atoms with Crippen LogP contribution in [0.1, 0.15) is 284 Å². The number of amides is 1. The summed E-state index contributed by atoms with van der Waals surface area (Å²) in [6.45, 7) is 6.47. The number of rotatable bonds is 48. The molecule has 6 heteroatoms. The van der Waals surface area contributed by atoms with Crippen LogP contribution >= 0.6 is 0 Å². The Morgan fingerprint density at radius 2 is 0.833 bits per heavy atom. The Morgan fingerprint density at radius 3 is 1.23 bits per heavy atom. The maximum Gasteiger partial charge on any atom is 0.306 e. The van der Waals surface area contributed by atoms with Crippen LogP contribution < -0.4 is 5.32 Å². The predicted molar refractivity (Wildman–Crippen MR) is 260 cm³/mol. The first-order chi connectivity index (χ1) is 29.5. The van der Waals surface area contributed by atoms with E-state index in [4.69, 9.17) is 4.74 Å². The predicted octanol–water partition coefficient (Wildman–Crippen LogP) is 15.9. The van der Waals surface area contributed by atoms with Gasteiger partial charge in [0.1, 0.15) is 6.10 Å². The van der Waals surface area contributed by atoms with Gasteiger partial charge in [-0.2, -0.15) is 0 Å². The van der Waals surface area contributed by atoms with E-state index in [-0.39, 0.29) is 24.9 Å². The minimum Gasteiger partial charge on any atom is -0.462 e. The zero-order valence-corrected chi connectivity index (χ0v) is 40.4. The van der Waals surface area contributed by atoms with Crippen molar-refractivity contribution in [2.24, 2.45) is 0 Å². The topological polar surface area (TPSA) is 95.9 Å². The van der Waals surface area contributed by atoms with Crippen molar-refractivity contribution in [1.29, 1.82) is 0 Å². The van der Waals surface area contributed by atoms with Crippen LogP contribution in [-0.2, 0) is 14.3 Å². The largest absolute Gasteiger partial charge is 0.462 e. The summed E-state index contributed by atoms with van der Waals surface area (Å²) in [6.07, 6.45) is 55.4. The van der Waals surface area contributed by atoms with Gasteiger partial charge in [-0.05, 0) is 51.4 Å². The van der Waals surface area contributed by atoms with Gasteiger partial charge in [0.15, 0.2) is 0 Å². The van der Waals surface area contributed by atoms with Crippen molar-refractivity contribution in [3.63, 3.8) is 0 Å². The number of unbranched alkanes of at least 4 members (excludes halogenated alkanes) is 33. The summed E-state index contributed by atoms with van der Waals surface area (Å²) in [5.41, 5.74) is 0. The molecule has 1 amide bonds. The molecule has 0 fully saturated rings. The van der Waals surface area contributed by atoms with Crippen molar-refractivity contribution >= 4 is 11.9 Å². The highest BCUT2D eigenvalue weighted by Gasteiger charge is 2.24. The number of allylic oxidation sites excluding steroid dienone is 4. The fourth-order valence-electron chi connectivity index (χ4n) is 8.25. The van der Waals surface area contributed by atoms with E-state index in [0.717, 1.165) is 57.8 Å². The molecule has 0 aliphatic rings. The molecule has 60 heavy (non-hydrogen) atoms. The fourth-order valence-corrected chi connectivity index (χ4v) is 8.25. The van der Waals surface area contributed by atoms with Crippen molar-refractivity contribution in [2.45, 2.75) is 302 Å². The molecule has 0 saturated carbocycles. The molecule has 3 atom stereocenters. The summed E-state index contributed by atoms with van der Waals surface area (Å²) in [5.74, 6) is -0.484. The summed E-state index contributed by atoms with van der Waals surface area (Å²) in [5, 5.41) is 23.7. The molecular formula is C54H103NO5. The summed E-state index contributed by atoms with van der Waals surface area (Å²) >= 11 is 0. The number of nitrogens with one attached hydrogen (secondary N) is 1. The molecule has 3 unspecified atom stereocenters. The zero-order chi connectivity index (χ0) is 43.8. The Balaban J connectivity index is 4.33. The van der Waals surface area contributed by atoms with Gasteiger partial charge in [-0.15, -0.1) is 0 Å². The Kier molecular flexibility index (Phi) is 47.0. The van der Waals surface area contributed by atoms with Gasteiger partial charge in [0.05, 0.1) is 25.2 Å². The first-order valence-electron chi connectivity index (χ1n) is 26.6. The fraction of sp³-hybridized carbons (Fsp3) is 0.889. The molecule has 0 aliphatic carbocycles. The summed E-state index contributed by atoms with van der Waals surface area (Å²) in [7, 11) is 0. The van der Waals surface area contributed by atoms with Crippen LogP contribution in [0.15, 0.2) is 24.3 Å². The average molecular weight is 846 g/mol. The third-order valence-electron chi connectivity index (χ3n) is 12.3. The number of carbonyl (C=O) groups is 2. The molecule has 354 valence electrons. The summed E-state index contributed by atoms with van der Waals surface area (Å²) < 4.78 is 5.90. The van der Waals surface area contributed by atoms with Gasteiger partial charge in [-0.3, -0.25) is 9.59 Å². The summed E-state index contributed by atoms with van der Waals surface area (Å²) in [6, 6.07) is -0.699. The van der Waals surface area contributed by atoms with Crippen molar-refractivity contribution in [2.75, 3.05) is 6.61 Å². The van der Waals surface area contributed by atoms with Crippen molar-refractivity contribution in [3.05, 3.63) is 24.3 Å². The van der Waals surface area contributed by atoms with Gasteiger partial charge in [0, 0.05) is 6.42 Å². The molecule has 0 bridgehead atoms. The number of hydrogen-bond acceptors (Lipinski definition) is 5. The van der Waals surface area contributed by atoms with E-state index in [9.17, 15) is 19.8 Å². The standard InChI is InChI=1S/C54H103NO5/c1-4-7-10-13-16-18-20-22-24-26-27-29-31-33-35-38-41-44-47-54(59)60-50(45-42-39-36-15-12-9-6-3)48-53(58)55-51(49-56)52(57)46-43-40-37-34-32-30-28-25-23-21-19-17-14-11-8-5-2/h24,26-27,29,50-52,56-57H,4-23,25,28,30-49H2,1-3H3,(H,55,58)/b26-24+,29-27+. The second kappa shape index (κ2) is 48.4. The number of aliphatic hydroxyl groups excluding tert-OH is 2. The molecule has 3 N–H and O–H groups in total. The normalized spacial score (nSPS) is 13.3. The van der Waals surface area contributed by atoms with Gasteiger partial charge < -0.3 is 20.3 Å². The van der Waals surface area contributed by atoms with Gasteiger partial charge in [-0.1, -0.05) is 244 Å². The van der Waals surface area contributed by atoms with Crippen LogP contribution in [0.2, 0.25) is 0 Å². The summed E-state index contributed by atoms with van der Waals surface area (Å²) in [4.78, 5) is 26.0. The molecule has 6 nitrogen and oxygen atoms in total. The first kappa shape index (κ1) is 58.3. The molecule has 0 heterocycles. The Labute approximate surface area is 373 Å². The third-order valence-corrected chi connectivity index (χ3v) is 12.3. The second-order valence-electron chi connectivity index (χ2n) is 18.3. The van der Waals surface area contributed by atoms with Crippen molar-refractivity contribution in [1.82, 2.24) is 5.32 Å². The number of esters is 1. The maximum atomic E-state index is 13.1. The molecule has 0 aromatic carbocycles.